The van der Waals surface area contributed by atoms with Crippen LogP contribution in [0.25, 0.3) is 0 Å². The average molecular weight is 394 g/mol. The van der Waals surface area contributed by atoms with Gasteiger partial charge < -0.3 is 0 Å². The lowest BCUT2D eigenvalue weighted by Gasteiger charge is -2.29. The number of hydrogen-bond acceptors (Lipinski definition) is 0. The molecule has 0 amide bonds. The van der Waals surface area contributed by atoms with Gasteiger partial charge in [0.05, 0.1) is 0 Å². The second-order valence-corrected chi connectivity index (χ2v) is 7.27. The van der Waals surface area contributed by atoms with Crippen molar-refractivity contribution in [2.24, 2.45) is 22.7 Å². The highest BCUT2D eigenvalue weighted by Gasteiger charge is 2.86. The summed E-state index contributed by atoms with van der Waals surface area (Å²) in [5.74, 6) is -6.63. The van der Waals surface area contributed by atoms with E-state index < -0.39 is 34.5 Å². The number of halogens is 6. The van der Waals surface area contributed by atoms with Gasteiger partial charge in [-0.1, -0.05) is 31.9 Å². The average Bonchev–Trinajstić information content (AvgIpc) is 2.97. The summed E-state index contributed by atoms with van der Waals surface area (Å²) in [6.45, 7) is 0. The molecule has 3 saturated carbocycles. The molecule has 0 bridgehead atoms. The van der Waals surface area contributed by atoms with Crippen molar-refractivity contribution < 1.29 is 17.6 Å². The third kappa shape index (κ3) is 1.28. The lowest BCUT2D eigenvalue weighted by Crippen LogP contribution is -2.25. The summed E-state index contributed by atoms with van der Waals surface area (Å²) in [7, 11) is 0. The molecule has 2 unspecified atom stereocenters. The second-order valence-electron chi connectivity index (χ2n) is 5.97. The maximum absolute atomic E-state index is 13.8. The van der Waals surface area contributed by atoms with Gasteiger partial charge in [-0.05, 0) is 25.7 Å². The Hall–Kier alpha value is 0.680. The van der Waals surface area contributed by atoms with Gasteiger partial charge in [0.25, 0.3) is 11.8 Å². The van der Waals surface area contributed by atoms with Crippen LogP contribution in [-0.4, -0.2) is 22.5 Å². The van der Waals surface area contributed by atoms with Gasteiger partial charge in [-0.3, -0.25) is 0 Å². The number of rotatable bonds is 2. The normalized spacial score (nSPS) is 51.7. The largest absolute Gasteiger partial charge is 0.258 e. The molecule has 0 saturated heterocycles. The standard InChI is InChI=1S/C12H14Br2F4/c13-5-7-9(11(7,15)16)1-2-10(4-3-9)8(6-14)12(10,17)18/h7-8H,1-6H2. The Morgan fingerprint density at radius 1 is 0.722 bits per heavy atom. The quantitative estimate of drug-likeness (QED) is 0.464. The molecule has 3 aliphatic rings. The molecular weight excluding hydrogens is 380 g/mol. The van der Waals surface area contributed by atoms with Gasteiger partial charge in [-0.25, -0.2) is 17.6 Å². The van der Waals surface area contributed by atoms with Crippen LogP contribution in [-0.2, 0) is 0 Å². The molecule has 3 fully saturated rings. The molecule has 2 atom stereocenters. The minimum atomic E-state index is -2.66. The van der Waals surface area contributed by atoms with Crippen LogP contribution in [0.15, 0.2) is 0 Å². The van der Waals surface area contributed by atoms with E-state index in [1.165, 1.54) is 0 Å². The lowest BCUT2D eigenvalue weighted by molar-refractivity contribution is 0.00381. The minimum absolute atomic E-state index is 0.245. The van der Waals surface area contributed by atoms with Crippen LogP contribution in [0.1, 0.15) is 25.7 Å². The Morgan fingerprint density at radius 3 is 1.17 bits per heavy atom. The monoisotopic (exact) mass is 392 g/mol. The Kier molecular flexibility index (Phi) is 2.77. The molecule has 0 N–H and O–H groups in total. The van der Waals surface area contributed by atoms with E-state index in [4.69, 9.17) is 0 Å². The molecule has 0 heterocycles. The second kappa shape index (κ2) is 3.66. The molecule has 0 radical (unpaired) electrons. The Bertz CT molecular complexity index is 338. The van der Waals surface area contributed by atoms with E-state index in [-0.39, 0.29) is 36.3 Å². The van der Waals surface area contributed by atoms with Gasteiger partial charge in [-0.15, -0.1) is 0 Å². The molecule has 0 aliphatic heterocycles. The summed E-state index contributed by atoms with van der Waals surface area (Å²) in [6.07, 6.45) is 0.982. The zero-order chi connectivity index (χ0) is 13.4. The summed E-state index contributed by atoms with van der Waals surface area (Å²) < 4.78 is 55.0. The maximum Gasteiger partial charge on any atom is 0.258 e. The van der Waals surface area contributed by atoms with Crippen LogP contribution in [0.2, 0.25) is 0 Å². The van der Waals surface area contributed by atoms with Crippen LogP contribution < -0.4 is 0 Å². The van der Waals surface area contributed by atoms with E-state index in [2.05, 4.69) is 31.9 Å². The highest BCUT2D eigenvalue weighted by atomic mass is 79.9. The number of hydrogen-bond donors (Lipinski definition) is 0. The Labute approximate surface area is 120 Å². The summed E-state index contributed by atoms with van der Waals surface area (Å²) in [5.41, 5.74) is -1.98. The van der Waals surface area contributed by atoms with Crippen molar-refractivity contribution in [3.05, 3.63) is 0 Å². The Balaban J connectivity index is 1.75. The first-order valence-electron chi connectivity index (χ1n) is 6.18. The molecular formula is C12H14Br2F4. The van der Waals surface area contributed by atoms with E-state index in [0.717, 1.165) is 0 Å². The zero-order valence-corrected chi connectivity index (χ0v) is 12.8. The molecule has 104 valence electrons. The van der Waals surface area contributed by atoms with Gasteiger partial charge in [0, 0.05) is 33.3 Å². The highest BCUT2D eigenvalue weighted by Crippen LogP contribution is 2.80. The lowest BCUT2D eigenvalue weighted by atomic mass is 9.75. The fourth-order valence-electron chi connectivity index (χ4n) is 4.18. The summed E-state index contributed by atoms with van der Waals surface area (Å²) in [6, 6.07) is 0. The molecule has 0 aromatic carbocycles. The van der Waals surface area contributed by atoms with Gasteiger partial charge in [0.2, 0.25) is 0 Å². The smallest absolute Gasteiger partial charge is 0.206 e. The van der Waals surface area contributed by atoms with Crippen molar-refractivity contribution in [2.45, 2.75) is 37.5 Å². The van der Waals surface area contributed by atoms with Gasteiger partial charge in [-0.2, -0.15) is 0 Å². The first-order chi connectivity index (χ1) is 8.30. The SMILES string of the molecule is FC1(F)C(CBr)C12CCC1(CC2)C(CBr)C1(F)F. The van der Waals surface area contributed by atoms with Crippen LogP contribution in [0, 0.1) is 22.7 Å². The predicted molar refractivity (Wildman–Crippen MR) is 67.8 cm³/mol. The maximum atomic E-state index is 13.8. The van der Waals surface area contributed by atoms with Gasteiger partial charge in [0.15, 0.2) is 0 Å². The van der Waals surface area contributed by atoms with Crippen LogP contribution in [0.3, 0.4) is 0 Å². The Morgan fingerprint density at radius 2 is 1.00 bits per heavy atom. The molecule has 6 heteroatoms. The molecule has 0 nitrogen and oxygen atoms in total. The van der Waals surface area contributed by atoms with Crippen molar-refractivity contribution in [2.75, 3.05) is 10.7 Å². The molecule has 0 aromatic heterocycles. The minimum Gasteiger partial charge on any atom is -0.206 e. The van der Waals surface area contributed by atoms with Crippen molar-refractivity contribution in [3.63, 3.8) is 0 Å². The molecule has 18 heavy (non-hydrogen) atoms. The van der Waals surface area contributed by atoms with Crippen LogP contribution in [0.5, 0.6) is 0 Å². The molecule has 3 aliphatic carbocycles. The van der Waals surface area contributed by atoms with Crippen molar-refractivity contribution in [3.8, 4) is 0 Å². The fraction of sp³-hybridized carbons (Fsp3) is 1.00. The summed E-state index contributed by atoms with van der Waals surface area (Å²) in [5, 5.41) is 0.538. The highest BCUT2D eigenvalue weighted by molar-refractivity contribution is 9.09. The van der Waals surface area contributed by atoms with Gasteiger partial charge in [0.1, 0.15) is 0 Å². The van der Waals surface area contributed by atoms with E-state index in [0.29, 0.717) is 0 Å². The third-order valence-corrected chi connectivity index (χ3v) is 7.01. The number of alkyl halides is 6. The first-order valence-corrected chi connectivity index (χ1v) is 8.42. The van der Waals surface area contributed by atoms with Crippen LogP contribution in [0.4, 0.5) is 17.6 Å². The van der Waals surface area contributed by atoms with Crippen molar-refractivity contribution >= 4 is 31.9 Å². The van der Waals surface area contributed by atoms with Crippen molar-refractivity contribution in [1.82, 2.24) is 0 Å². The fourth-order valence-corrected chi connectivity index (χ4v) is 6.23. The topological polar surface area (TPSA) is 0 Å². The van der Waals surface area contributed by atoms with Crippen LogP contribution >= 0.6 is 31.9 Å². The van der Waals surface area contributed by atoms with Gasteiger partial charge >= 0.3 is 0 Å². The third-order valence-electron chi connectivity index (χ3n) is 5.71. The first kappa shape index (κ1) is 13.7. The van der Waals surface area contributed by atoms with Crippen molar-refractivity contribution in [1.29, 1.82) is 0 Å². The zero-order valence-electron chi connectivity index (χ0n) is 9.67. The molecule has 2 spiro atoms. The summed E-state index contributed by atoms with van der Waals surface area (Å²) >= 11 is 6.24. The van der Waals surface area contributed by atoms with E-state index >= 15 is 0 Å². The van der Waals surface area contributed by atoms with E-state index in [9.17, 15) is 17.6 Å². The van der Waals surface area contributed by atoms with E-state index in [1.54, 1.807) is 0 Å². The predicted octanol–water partition coefficient (Wildman–Crippen LogP) is 4.85. The molecule has 3 rings (SSSR count). The molecule has 0 aromatic rings. The summed E-state index contributed by atoms with van der Waals surface area (Å²) in [4.78, 5) is 0. The van der Waals surface area contributed by atoms with E-state index in [1.807, 2.05) is 0 Å².